The van der Waals surface area contributed by atoms with E-state index in [2.05, 4.69) is 18.8 Å². The maximum Gasteiger partial charge on any atom is 0.146 e. The Kier molecular flexibility index (Phi) is 2.32. The zero-order valence-corrected chi connectivity index (χ0v) is 8.66. The Morgan fingerprint density at radius 1 is 1.50 bits per heavy atom. The van der Waals surface area contributed by atoms with E-state index in [1.807, 2.05) is 6.07 Å². The number of hydrogen-bond donors (Lipinski definition) is 1. The molecule has 1 saturated carbocycles. The topological polar surface area (TPSA) is 48.1 Å². The van der Waals surface area contributed by atoms with Crippen LogP contribution in [-0.2, 0) is 0 Å². The van der Waals surface area contributed by atoms with Crippen LogP contribution in [0, 0.1) is 0 Å². The molecule has 0 atom stereocenters. The Balaban J connectivity index is 2.25. The van der Waals surface area contributed by atoms with Crippen molar-refractivity contribution in [1.82, 2.24) is 4.98 Å². The second-order valence-electron chi connectivity index (χ2n) is 4.08. The van der Waals surface area contributed by atoms with Gasteiger partial charge in [0.25, 0.3) is 0 Å². The van der Waals surface area contributed by atoms with Crippen LogP contribution >= 0.6 is 0 Å². The van der Waals surface area contributed by atoms with E-state index in [9.17, 15) is 0 Å². The maximum atomic E-state index is 5.97. The van der Waals surface area contributed by atoms with Crippen molar-refractivity contribution in [3.05, 3.63) is 18.0 Å². The molecule has 76 valence electrons. The minimum atomic E-state index is 0.345. The van der Waals surface area contributed by atoms with Gasteiger partial charge in [0.1, 0.15) is 5.75 Å². The fourth-order valence-electron chi connectivity index (χ4n) is 1.40. The highest BCUT2D eigenvalue weighted by molar-refractivity contribution is 5.56. The van der Waals surface area contributed by atoms with Crippen molar-refractivity contribution < 1.29 is 4.74 Å². The molecule has 1 fully saturated rings. The summed E-state index contributed by atoms with van der Waals surface area (Å²) < 4.78 is 5.68. The summed E-state index contributed by atoms with van der Waals surface area (Å²) in [5.41, 5.74) is 7.61. The van der Waals surface area contributed by atoms with Crippen molar-refractivity contribution in [1.29, 1.82) is 0 Å². The first-order valence-corrected chi connectivity index (χ1v) is 5.09. The molecule has 0 spiro atoms. The van der Waals surface area contributed by atoms with E-state index in [0.29, 0.717) is 17.7 Å². The number of anilines is 1. The van der Waals surface area contributed by atoms with E-state index >= 15 is 0 Å². The van der Waals surface area contributed by atoms with Crippen molar-refractivity contribution in [3.63, 3.8) is 0 Å². The van der Waals surface area contributed by atoms with Gasteiger partial charge in [0.2, 0.25) is 0 Å². The number of aromatic nitrogens is 1. The summed E-state index contributed by atoms with van der Waals surface area (Å²) in [7, 11) is 0. The predicted octanol–water partition coefficient (Wildman–Crippen LogP) is 2.33. The average molecular weight is 192 g/mol. The van der Waals surface area contributed by atoms with Gasteiger partial charge in [0.05, 0.1) is 17.5 Å². The quantitative estimate of drug-likeness (QED) is 0.799. The molecule has 0 aliphatic heterocycles. The lowest BCUT2D eigenvalue weighted by Crippen LogP contribution is -2.05. The van der Waals surface area contributed by atoms with Gasteiger partial charge in [-0.1, -0.05) is 13.8 Å². The summed E-state index contributed by atoms with van der Waals surface area (Å²) in [6.07, 6.45) is 4.46. The van der Waals surface area contributed by atoms with Gasteiger partial charge < -0.3 is 10.5 Å². The molecule has 3 heteroatoms. The second-order valence-corrected chi connectivity index (χ2v) is 4.08. The van der Waals surface area contributed by atoms with E-state index < -0.39 is 0 Å². The van der Waals surface area contributed by atoms with Gasteiger partial charge in [-0.2, -0.15) is 0 Å². The molecule has 0 aromatic carbocycles. The summed E-state index contributed by atoms with van der Waals surface area (Å²) in [5, 5.41) is 0. The van der Waals surface area contributed by atoms with Gasteiger partial charge in [-0.25, -0.2) is 0 Å². The number of nitrogens with zero attached hydrogens (tertiary/aromatic N) is 1. The number of hydrogen-bond acceptors (Lipinski definition) is 3. The molecule has 0 bridgehead atoms. The van der Waals surface area contributed by atoms with Crippen LogP contribution in [0.4, 0.5) is 5.69 Å². The van der Waals surface area contributed by atoms with E-state index in [1.54, 1.807) is 6.20 Å². The van der Waals surface area contributed by atoms with Crippen LogP contribution in [0.3, 0.4) is 0 Å². The van der Waals surface area contributed by atoms with Gasteiger partial charge in [0.15, 0.2) is 0 Å². The first-order valence-electron chi connectivity index (χ1n) is 5.09. The van der Waals surface area contributed by atoms with Gasteiger partial charge in [-0.05, 0) is 18.8 Å². The van der Waals surface area contributed by atoms with Crippen molar-refractivity contribution in [2.45, 2.75) is 38.7 Å². The third kappa shape index (κ3) is 1.81. The van der Waals surface area contributed by atoms with Crippen molar-refractivity contribution in [3.8, 4) is 5.75 Å². The molecule has 2 rings (SSSR count). The second kappa shape index (κ2) is 3.48. The van der Waals surface area contributed by atoms with Crippen LogP contribution in [-0.4, -0.2) is 11.1 Å². The van der Waals surface area contributed by atoms with Gasteiger partial charge >= 0.3 is 0 Å². The lowest BCUT2D eigenvalue weighted by molar-refractivity contribution is 0.304. The largest absolute Gasteiger partial charge is 0.488 e. The fourth-order valence-corrected chi connectivity index (χ4v) is 1.40. The molecule has 3 nitrogen and oxygen atoms in total. The Labute approximate surface area is 84.3 Å². The first kappa shape index (κ1) is 9.31. The standard InChI is InChI=1S/C11H16N2O/c1-7(2)11-10(12)9(5-6-13-11)14-8-3-4-8/h5-8H,3-4,12H2,1-2H3. The predicted molar refractivity (Wildman–Crippen MR) is 56.4 cm³/mol. The zero-order chi connectivity index (χ0) is 10.1. The van der Waals surface area contributed by atoms with Crippen LogP contribution in [0.25, 0.3) is 0 Å². The molecule has 2 N–H and O–H groups in total. The number of ether oxygens (including phenoxy) is 1. The molecule has 1 aromatic heterocycles. The fraction of sp³-hybridized carbons (Fsp3) is 0.545. The van der Waals surface area contributed by atoms with Crippen molar-refractivity contribution in [2.24, 2.45) is 0 Å². The van der Waals surface area contributed by atoms with Gasteiger partial charge in [0, 0.05) is 12.3 Å². The van der Waals surface area contributed by atoms with Crippen molar-refractivity contribution >= 4 is 5.69 Å². The minimum Gasteiger partial charge on any atom is -0.488 e. The van der Waals surface area contributed by atoms with E-state index in [-0.39, 0.29) is 0 Å². The summed E-state index contributed by atoms with van der Waals surface area (Å²) >= 11 is 0. The summed E-state index contributed by atoms with van der Waals surface area (Å²) in [5.74, 6) is 1.14. The summed E-state index contributed by atoms with van der Waals surface area (Å²) in [4.78, 5) is 4.26. The molecule has 14 heavy (non-hydrogen) atoms. The molecule has 0 saturated heterocycles. The van der Waals surface area contributed by atoms with Crippen LogP contribution in [0.1, 0.15) is 38.3 Å². The smallest absolute Gasteiger partial charge is 0.146 e. The molecule has 0 unspecified atom stereocenters. The maximum absolute atomic E-state index is 5.97. The zero-order valence-electron chi connectivity index (χ0n) is 8.66. The van der Waals surface area contributed by atoms with Crippen LogP contribution in [0.5, 0.6) is 5.75 Å². The molecule has 0 amide bonds. The van der Waals surface area contributed by atoms with Crippen molar-refractivity contribution in [2.75, 3.05) is 5.73 Å². The third-order valence-electron chi connectivity index (χ3n) is 2.35. The number of nitrogens with two attached hydrogens (primary N) is 1. The monoisotopic (exact) mass is 192 g/mol. The van der Waals surface area contributed by atoms with E-state index in [4.69, 9.17) is 10.5 Å². The molecule has 1 heterocycles. The summed E-state index contributed by atoms with van der Waals surface area (Å²) in [6, 6.07) is 1.85. The normalized spacial score (nSPS) is 15.9. The molecule has 1 aromatic rings. The number of pyridine rings is 1. The van der Waals surface area contributed by atoms with Gasteiger partial charge in [-0.15, -0.1) is 0 Å². The highest BCUT2D eigenvalue weighted by Gasteiger charge is 2.25. The van der Waals surface area contributed by atoms with Crippen LogP contribution in [0.15, 0.2) is 12.3 Å². The van der Waals surface area contributed by atoms with Crippen LogP contribution in [0.2, 0.25) is 0 Å². The Bertz CT molecular complexity index is 332. The SMILES string of the molecule is CC(C)c1nccc(OC2CC2)c1N. The molecular formula is C11H16N2O. The minimum absolute atomic E-state index is 0.345. The van der Waals surface area contributed by atoms with Crippen LogP contribution < -0.4 is 10.5 Å². The van der Waals surface area contributed by atoms with E-state index in [1.165, 1.54) is 0 Å². The highest BCUT2D eigenvalue weighted by atomic mass is 16.5. The molecular weight excluding hydrogens is 176 g/mol. The third-order valence-corrected chi connectivity index (χ3v) is 2.35. The molecule has 1 aliphatic rings. The Morgan fingerprint density at radius 2 is 2.21 bits per heavy atom. The highest BCUT2D eigenvalue weighted by Crippen LogP contribution is 2.33. The lowest BCUT2D eigenvalue weighted by atomic mass is 10.1. The molecule has 1 aliphatic carbocycles. The summed E-state index contributed by atoms with van der Waals surface area (Å²) in [6.45, 7) is 4.17. The number of nitrogen functional groups attached to an aromatic ring is 1. The lowest BCUT2D eigenvalue weighted by Gasteiger charge is -2.12. The Morgan fingerprint density at radius 3 is 2.79 bits per heavy atom. The van der Waals surface area contributed by atoms with Gasteiger partial charge in [-0.3, -0.25) is 4.98 Å². The average Bonchev–Trinajstić information content (AvgIpc) is 2.92. The first-order chi connectivity index (χ1) is 6.68. The Hall–Kier alpha value is -1.25. The number of rotatable bonds is 3. The van der Waals surface area contributed by atoms with E-state index in [0.717, 1.165) is 24.3 Å². The molecule has 0 radical (unpaired) electrons.